The van der Waals surface area contributed by atoms with Crippen LogP contribution >= 0.6 is 0 Å². The predicted octanol–water partition coefficient (Wildman–Crippen LogP) is 0.754. The SMILES string of the molecule is CCN(CC(=O)N1CCCC(C)C1)C1CCS(=O)(=O)C1. The molecule has 2 heterocycles. The van der Waals surface area contributed by atoms with Gasteiger partial charge in [-0.1, -0.05) is 13.8 Å². The topological polar surface area (TPSA) is 57.7 Å². The smallest absolute Gasteiger partial charge is 0.236 e. The molecule has 0 saturated carbocycles. The Balaban J connectivity index is 1.91. The van der Waals surface area contributed by atoms with Crippen molar-refractivity contribution < 1.29 is 13.2 Å². The summed E-state index contributed by atoms with van der Waals surface area (Å²) in [7, 11) is -2.89. The van der Waals surface area contributed by atoms with Gasteiger partial charge in [0.15, 0.2) is 9.84 Å². The molecular weight excluding hydrogens is 276 g/mol. The first-order valence-corrected chi connectivity index (χ1v) is 9.45. The number of hydrogen-bond donors (Lipinski definition) is 0. The normalized spacial score (nSPS) is 29.9. The van der Waals surface area contributed by atoms with Gasteiger partial charge in [0.05, 0.1) is 18.1 Å². The van der Waals surface area contributed by atoms with Gasteiger partial charge < -0.3 is 4.90 Å². The number of rotatable bonds is 4. The molecular formula is C14H26N2O3S. The van der Waals surface area contributed by atoms with Crippen LogP contribution < -0.4 is 0 Å². The number of nitrogens with zero attached hydrogens (tertiary/aromatic N) is 2. The van der Waals surface area contributed by atoms with Crippen molar-refractivity contribution in [2.75, 3.05) is 37.7 Å². The molecule has 0 aliphatic carbocycles. The van der Waals surface area contributed by atoms with E-state index in [9.17, 15) is 13.2 Å². The van der Waals surface area contributed by atoms with Gasteiger partial charge in [-0.3, -0.25) is 9.69 Å². The van der Waals surface area contributed by atoms with Gasteiger partial charge in [0.1, 0.15) is 0 Å². The Morgan fingerprint density at radius 2 is 2.10 bits per heavy atom. The molecule has 0 bridgehead atoms. The van der Waals surface area contributed by atoms with Crippen molar-refractivity contribution in [2.24, 2.45) is 5.92 Å². The van der Waals surface area contributed by atoms with Crippen LogP contribution in [0.1, 0.15) is 33.1 Å². The average Bonchev–Trinajstić information content (AvgIpc) is 2.76. The fourth-order valence-corrected chi connectivity index (χ4v) is 5.01. The summed E-state index contributed by atoms with van der Waals surface area (Å²) in [5.41, 5.74) is 0. The van der Waals surface area contributed by atoms with Gasteiger partial charge in [-0.2, -0.15) is 0 Å². The van der Waals surface area contributed by atoms with E-state index in [1.165, 1.54) is 6.42 Å². The molecule has 1 amide bonds. The lowest BCUT2D eigenvalue weighted by atomic mass is 10.0. The van der Waals surface area contributed by atoms with Crippen molar-refractivity contribution in [1.29, 1.82) is 0 Å². The van der Waals surface area contributed by atoms with Crippen LogP contribution in [0.2, 0.25) is 0 Å². The molecule has 0 spiro atoms. The molecule has 2 saturated heterocycles. The van der Waals surface area contributed by atoms with Gasteiger partial charge in [0.2, 0.25) is 5.91 Å². The Kier molecular flexibility index (Phi) is 5.07. The number of carbonyl (C=O) groups is 1. The Bertz CT molecular complexity index is 449. The molecule has 5 nitrogen and oxygen atoms in total. The summed E-state index contributed by atoms with van der Waals surface area (Å²) in [6.45, 7) is 6.97. The number of likely N-dealkylation sites (N-methyl/N-ethyl adjacent to an activating group) is 1. The molecule has 2 atom stereocenters. The lowest BCUT2D eigenvalue weighted by molar-refractivity contribution is -0.134. The molecule has 0 aromatic heterocycles. The molecule has 6 heteroatoms. The molecule has 0 aromatic rings. The zero-order valence-electron chi connectivity index (χ0n) is 12.5. The highest BCUT2D eigenvalue weighted by atomic mass is 32.2. The molecule has 0 radical (unpaired) electrons. The lowest BCUT2D eigenvalue weighted by Crippen LogP contribution is -2.47. The van der Waals surface area contributed by atoms with Crippen LogP contribution in [0.5, 0.6) is 0 Å². The van der Waals surface area contributed by atoms with Crippen LogP contribution in [0.3, 0.4) is 0 Å². The lowest BCUT2D eigenvalue weighted by Gasteiger charge is -2.34. The van der Waals surface area contributed by atoms with E-state index in [0.717, 1.165) is 26.1 Å². The van der Waals surface area contributed by atoms with E-state index >= 15 is 0 Å². The van der Waals surface area contributed by atoms with Crippen molar-refractivity contribution in [2.45, 2.75) is 39.2 Å². The van der Waals surface area contributed by atoms with Crippen molar-refractivity contribution in [3.63, 3.8) is 0 Å². The largest absolute Gasteiger partial charge is 0.341 e. The van der Waals surface area contributed by atoms with Crippen LogP contribution in [0.25, 0.3) is 0 Å². The van der Waals surface area contributed by atoms with Gasteiger partial charge in [-0.15, -0.1) is 0 Å². The van der Waals surface area contributed by atoms with Crippen molar-refractivity contribution in [3.8, 4) is 0 Å². The minimum absolute atomic E-state index is 0.0242. The van der Waals surface area contributed by atoms with E-state index in [4.69, 9.17) is 0 Å². The Labute approximate surface area is 122 Å². The monoisotopic (exact) mass is 302 g/mol. The Morgan fingerprint density at radius 3 is 2.65 bits per heavy atom. The van der Waals surface area contributed by atoms with Crippen LogP contribution in [-0.4, -0.2) is 67.9 Å². The number of piperidine rings is 1. The summed E-state index contributed by atoms with van der Waals surface area (Å²) >= 11 is 0. The summed E-state index contributed by atoms with van der Waals surface area (Å²) in [6.07, 6.45) is 2.94. The second kappa shape index (κ2) is 6.43. The fraction of sp³-hybridized carbons (Fsp3) is 0.929. The molecule has 0 N–H and O–H groups in total. The number of amides is 1. The van der Waals surface area contributed by atoms with E-state index in [1.807, 2.05) is 16.7 Å². The number of carbonyl (C=O) groups excluding carboxylic acids is 1. The highest BCUT2D eigenvalue weighted by Crippen LogP contribution is 2.19. The van der Waals surface area contributed by atoms with Gasteiger partial charge in [0, 0.05) is 19.1 Å². The molecule has 2 fully saturated rings. The van der Waals surface area contributed by atoms with Crippen molar-refractivity contribution >= 4 is 15.7 Å². The summed E-state index contributed by atoms with van der Waals surface area (Å²) in [5.74, 6) is 1.21. The van der Waals surface area contributed by atoms with Gasteiger partial charge in [0.25, 0.3) is 0 Å². The maximum Gasteiger partial charge on any atom is 0.236 e. The van der Waals surface area contributed by atoms with Crippen LogP contribution in [0.15, 0.2) is 0 Å². The maximum absolute atomic E-state index is 12.4. The third-order valence-electron chi connectivity index (χ3n) is 4.48. The fourth-order valence-electron chi connectivity index (χ4n) is 3.25. The maximum atomic E-state index is 12.4. The molecule has 20 heavy (non-hydrogen) atoms. The van der Waals surface area contributed by atoms with Crippen molar-refractivity contribution in [3.05, 3.63) is 0 Å². The first kappa shape index (κ1) is 15.8. The molecule has 2 rings (SSSR count). The summed E-state index contributed by atoms with van der Waals surface area (Å²) in [5, 5.41) is 0. The first-order chi connectivity index (χ1) is 9.41. The number of sulfone groups is 1. The zero-order valence-corrected chi connectivity index (χ0v) is 13.4. The highest BCUT2D eigenvalue weighted by molar-refractivity contribution is 7.91. The third kappa shape index (κ3) is 3.95. The molecule has 2 aliphatic heterocycles. The summed E-state index contributed by atoms with van der Waals surface area (Å²) < 4.78 is 23.1. The zero-order chi connectivity index (χ0) is 14.8. The summed E-state index contributed by atoms with van der Waals surface area (Å²) in [4.78, 5) is 16.3. The minimum atomic E-state index is -2.89. The van der Waals surface area contributed by atoms with E-state index in [1.54, 1.807) is 0 Å². The number of hydrogen-bond acceptors (Lipinski definition) is 4. The second-order valence-corrected chi connectivity index (χ2v) is 8.44. The van der Waals surface area contributed by atoms with Crippen LogP contribution in [0.4, 0.5) is 0 Å². The van der Waals surface area contributed by atoms with E-state index in [0.29, 0.717) is 18.9 Å². The average molecular weight is 302 g/mol. The van der Waals surface area contributed by atoms with Gasteiger partial charge in [-0.25, -0.2) is 8.42 Å². The first-order valence-electron chi connectivity index (χ1n) is 7.63. The van der Waals surface area contributed by atoms with Gasteiger partial charge >= 0.3 is 0 Å². The Hall–Kier alpha value is -0.620. The number of likely N-dealkylation sites (tertiary alicyclic amines) is 1. The molecule has 116 valence electrons. The Morgan fingerprint density at radius 1 is 1.35 bits per heavy atom. The van der Waals surface area contributed by atoms with E-state index in [-0.39, 0.29) is 23.5 Å². The van der Waals surface area contributed by atoms with Crippen LogP contribution in [0, 0.1) is 5.92 Å². The standard InChI is InChI=1S/C14H26N2O3S/c1-3-15(13-6-8-20(18,19)11-13)10-14(17)16-7-4-5-12(2)9-16/h12-13H,3-11H2,1-2H3. The minimum Gasteiger partial charge on any atom is -0.341 e. The van der Waals surface area contributed by atoms with E-state index in [2.05, 4.69) is 6.92 Å². The summed E-state index contributed by atoms with van der Waals surface area (Å²) in [6, 6.07) is 0.0242. The van der Waals surface area contributed by atoms with Gasteiger partial charge in [-0.05, 0) is 31.7 Å². The third-order valence-corrected chi connectivity index (χ3v) is 6.23. The molecule has 2 unspecified atom stereocenters. The second-order valence-electron chi connectivity index (χ2n) is 6.21. The quantitative estimate of drug-likeness (QED) is 0.769. The van der Waals surface area contributed by atoms with Crippen LogP contribution in [-0.2, 0) is 14.6 Å². The highest BCUT2D eigenvalue weighted by Gasteiger charge is 2.33. The van der Waals surface area contributed by atoms with Crippen molar-refractivity contribution in [1.82, 2.24) is 9.80 Å². The molecule has 0 aromatic carbocycles. The molecule has 2 aliphatic rings. The predicted molar refractivity (Wildman–Crippen MR) is 79.3 cm³/mol. The van der Waals surface area contributed by atoms with E-state index < -0.39 is 9.84 Å².